The average Bonchev–Trinajstić information content (AvgIpc) is 2.41. The summed E-state index contributed by atoms with van der Waals surface area (Å²) in [6.07, 6.45) is 0.0789. The van der Waals surface area contributed by atoms with Crippen LogP contribution in [0.1, 0.15) is 6.42 Å². The van der Waals surface area contributed by atoms with Gasteiger partial charge in [0.25, 0.3) is 0 Å². The maximum Gasteiger partial charge on any atom is 0.237 e. The molecule has 108 valence electrons. The summed E-state index contributed by atoms with van der Waals surface area (Å²) in [6.45, 7) is 1.25. The van der Waals surface area contributed by atoms with Crippen LogP contribution in [0.2, 0.25) is 5.02 Å². The van der Waals surface area contributed by atoms with Gasteiger partial charge in [-0.05, 0) is 18.2 Å². The molecule has 0 bridgehead atoms. The molecule has 0 spiro atoms. The van der Waals surface area contributed by atoms with Crippen molar-refractivity contribution in [3.05, 3.63) is 23.2 Å². The summed E-state index contributed by atoms with van der Waals surface area (Å²) in [4.78, 5) is 23.4. The zero-order valence-electron chi connectivity index (χ0n) is 11.0. The number of benzene rings is 1. The van der Waals surface area contributed by atoms with E-state index in [1.165, 1.54) is 7.11 Å². The minimum atomic E-state index is -0.488. The molecule has 7 heteroatoms. The van der Waals surface area contributed by atoms with Gasteiger partial charge in [0, 0.05) is 18.8 Å². The summed E-state index contributed by atoms with van der Waals surface area (Å²) in [7, 11) is 1.52. The number of halogens is 1. The smallest absolute Gasteiger partial charge is 0.237 e. The highest BCUT2D eigenvalue weighted by Crippen LogP contribution is 2.27. The first-order valence-corrected chi connectivity index (χ1v) is 6.62. The quantitative estimate of drug-likeness (QED) is 0.767. The molecule has 1 aliphatic rings. The van der Waals surface area contributed by atoms with Crippen molar-refractivity contribution in [2.24, 2.45) is 0 Å². The highest BCUT2D eigenvalue weighted by atomic mass is 35.5. The predicted molar refractivity (Wildman–Crippen MR) is 76.1 cm³/mol. The summed E-state index contributed by atoms with van der Waals surface area (Å²) in [5.41, 5.74) is 0.567. The van der Waals surface area contributed by atoms with Crippen molar-refractivity contribution in [1.29, 1.82) is 0 Å². The summed E-state index contributed by atoms with van der Waals surface area (Å²) in [6, 6.07) is 4.48. The molecule has 3 N–H and O–H groups in total. The normalized spacial score (nSPS) is 18.3. The molecule has 0 aliphatic carbocycles. The summed E-state index contributed by atoms with van der Waals surface area (Å²) in [5, 5.41) is 8.82. The number of nitrogens with one attached hydrogen (secondary N) is 3. The van der Waals surface area contributed by atoms with Crippen LogP contribution in [-0.2, 0) is 9.59 Å². The standard InChI is InChI=1S/C13H16ClN3O3/c1-20-11-3-2-8(6-9(11)14)17-12(18)7-10-13(19)16-5-4-15-10/h2-3,6,10,15H,4-5,7H2,1H3,(H,16,19)(H,17,18)/t10-/m0/s1. The molecule has 1 saturated heterocycles. The van der Waals surface area contributed by atoms with Crippen LogP contribution in [0.4, 0.5) is 5.69 Å². The number of ether oxygens (including phenoxy) is 1. The summed E-state index contributed by atoms with van der Waals surface area (Å²) < 4.78 is 5.03. The Hall–Kier alpha value is -1.79. The number of carbonyl (C=O) groups excluding carboxylic acids is 2. The van der Waals surface area contributed by atoms with Gasteiger partial charge in [0.2, 0.25) is 11.8 Å². The minimum Gasteiger partial charge on any atom is -0.495 e. The van der Waals surface area contributed by atoms with E-state index < -0.39 is 6.04 Å². The lowest BCUT2D eigenvalue weighted by atomic mass is 10.1. The van der Waals surface area contributed by atoms with Crippen molar-refractivity contribution in [3.63, 3.8) is 0 Å². The lowest BCUT2D eigenvalue weighted by Crippen LogP contribution is -2.53. The van der Waals surface area contributed by atoms with E-state index in [0.29, 0.717) is 29.5 Å². The molecular weight excluding hydrogens is 282 g/mol. The van der Waals surface area contributed by atoms with E-state index in [0.717, 1.165) is 0 Å². The Kier molecular flexibility index (Phi) is 4.81. The van der Waals surface area contributed by atoms with Crippen LogP contribution in [0.15, 0.2) is 18.2 Å². The van der Waals surface area contributed by atoms with Crippen LogP contribution in [-0.4, -0.2) is 38.1 Å². The third-order valence-corrected chi connectivity index (χ3v) is 3.25. The van der Waals surface area contributed by atoms with Gasteiger partial charge in [-0.1, -0.05) is 11.6 Å². The first-order valence-electron chi connectivity index (χ1n) is 6.24. The Balaban J connectivity index is 1.94. The number of amides is 2. The van der Waals surface area contributed by atoms with E-state index in [4.69, 9.17) is 16.3 Å². The van der Waals surface area contributed by atoms with Gasteiger partial charge in [-0.2, -0.15) is 0 Å². The molecule has 6 nitrogen and oxygen atoms in total. The van der Waals surface area contributed by atoms with Gasteiger partial charge < -0.3 is 20.7 Å². The third-order valence-electron chi connectivity index (χ3n) is 2.96. The van der Waals surface area contributed by atoms with Gasteiger partial charge in [0.15, 0.2) is 0 Å². The Labute approximate surface area is 121 Å². The first kappa shape index (κ1) is 14.6. The van der Waals surface area contributed by atoms with Crippen LogP contribution in [0.25, 0.3) is 0 Å². The van der Waals surface area contributed by atoms with E-state index in [1.807, 2.05) is 0 Å². The zero-order chi connectivity index (χ0) is 14.5. The second kappa shape index (κ2) is 6.58. The number of hydrogen-bond acceptors (Lipinski definition) is 4. The number of rotatable bonds is 4. The van der Waals surface area contributed by atoms with Crippen molar-refractivity contribution >= 4 is 29.1 Å². The van der Waals surface area contributed by atoms with Gasteiger partial charge in [-0.3, -0.25) is 9.59 Å². The molecule has 1 heterocycles. The number of methoxy groups -OCH3 is 1. The molecule has 2 amide bonds. The van der Waals surface area contributed by atoms with Crippen molar-refractivity contribution in [3.8, 4) is 5.75 Å². The van der Waals surface area contributed by atoms with Crippen LogP contribution in [0.3, 0.4) is 0 Å². The maximum atomic E-state index is 11.9. The van der Waals surface area contributed by atoms with E-state index in [-0.39, 0.29) is 18.2 Å². The zero-order valence-corrected chi connectivity index (χ0v) is 11.8. The van der Waals surface area contributed by atoms with Gasteiger partial charge in [-0.25, -0.2) is 0 Å². The molecule has 1 aromatic rings. The van der Waals surface area contributed by atoms with Gasteiger partial charge in [0.1, 0.15) is 5.75 Å². The lowest BCUT2D eigenvalue weighted by molar-refractivity contribution is -0.127. The molecule has 0 aromatic heterocycles. The Morgan fingerprint density at radius 2 is 2.30 bits per heavy atom. The number of anilines is 1. The van der Waals surface area contributed by atoms with Crippen molar-refractivity contribution < 1.29 is 14.3 Å². The summed E-state index contributed by atoms with van der Waals surface area (Å²) in [5.74, 6) is 0.137. The highest BCUT2D eigenvalue weighted by molar-refractivity contribution is 6.32. The van der Waals surface area contributed by atoms with Gasteiger partial charge in [0.05, 0.1) is 24.6 Å². The second-order valence-electron chi connectivity index (χ2n) is 4.40. The summed E-state index contributed by atoms with van der Waals surface area (Å²) >= 11 is 5.98. The topological polar surface area (TPSA) is 79.5 Å². The number of hydrogen-bond donors (Lipinski definition) is 3. The monoisotopic (exact) mass is 297 g/mol. The molecular formula is C13H16ClN3O3. The molecule has 1 fully saturated rings. The number of piperazine rings is 1. The number of carbonyl (C=O) groups is 2. The molecule has 0 unspecified atom stereocenters. The molecule has 1 atom stereocenters. The van der Waals surface area contributed by atoms with E-state index >= 15 is 0 Å². The Morgan fingerprint density at radius 1 is 1.50 bits per heavy atom. The molecule has 0 saturated carbocycles. The average molecular weight is 298 g/mol. The second-order valence-corrected chi connectivity index (χ2v) is 4.81. The third kappa shape index (κ3) is 3.61. The molecule has 1 aliphatic heterocycles. The molecule has 20 heavy (non-hydrogen) atoms. The van der Waals surface area contributed by atoms with E-state index in [9.17, 15) is 9.59 Å². The fraction of sp³-hybridized carbons (Fsp3) is 0.385. The fourth-order valence-electron chi connectivity index (χ4n) is 1.95. The van der Waals surface area contributed by atoms with Crippen LogP contribution in [0, 0.1) is 0 Å². The maximum absolute atomic E-state index is 11.9. The van der Waals surface area contributed by atoms with Gasteiger partial charge in [-0.15, -0.1) is 0 Å². The Bertz CT molecular complexity index is 522. The SMILES string of the molecule is COc1ccc(NC(=O)C[C@@H]2NCCNC2=O)cc1Cl. The van der Waals surface area contributed by atoms with E-state index in [2.05, 4.69) is 16.0 Å². The largest absolute Gasteiger partial charge is 0.495 e. The molecule has 1 aromatic carbocycles. The van der Waals surface area contributed by atoms with Gasteiger partial charge >= 0.3 is 0 Å². The molecule has 0 radical (unpaired) electrons. The predicted octanol–water partition coefficient (Wildman–Crippen LogP) is 0.765. The minimum absolute atomic E-state index is 0.0789. The fourth-order valence-corrected chi connectivity index (χ4v) is 2.21. The van der Waals surface area contributed by atoms with Crippen LogP contribution >= 0.6 is 11.6 Å². The van der Waals surface area contributed by atoms with Crippen molar-refractivity contribution in [1.82, 2.24) is 10.6 Å². The van der Waals surface area contributed by atoms with Crippen molar-refractivity contribution in [2.45, 2.75) is 12.5 Å². The van der Waals surface area contributed by atoms with E-state index in [1.54, 1.807) is 18.2 Å². The lowest BCUT2D eigenvalue weighted by Gasteiger charge is -2.22. The molecule has 2 rings (SSSR count). The highest BCUT2D eigenvalue weighted by Gasteiger charge is 2.24. The van der Waals surface area contributed by atoms with Crippen LogP contribution in [0.5, 0.6) is 5.75 Å². The first-order chi connectivity index (χ1) is 9.60. The Morgan fingerprint density at radius 3 is 2.95 bits per heavy atom. The van der Waals surface area contributed by atoms with Crippen LogP contribution < -0.4 is 20.7 Å². The van der Waals surface area contributed by atoms with Crippen molar-refractivity contribution in [2.75, 3.05) is 25.5 Å².